The van der Waals surface area contributed by atoms with Crippen LogP contribution in [0.5, 0.6) is 11.5 Å². The fourth-order valence-corrected chi connectivity index (χ4v) is 3.61. The summed E-state index contributed by atoms with van der Waals surface area (Å²) in [6.07, 6.45) is 1.54. The maximum absolute atomic E-state index is 12.6. The Morgan fingerprint density at radius 1 is 1.34 bits per heavy atom. The van der Waals surface area contributed by atoms with Crippen LogP contribution in [0.4, 0.5) is 5.69 Å². The largest absolute Gasteiger partial charge is 0.504 e. The molecule has 0 saturated carbocycles. The third-order valence-corrected chi connectivity index (χ3v) is 5.13. The number of carbonyl (C=O) groups is 2. The van der Waals surface area contributed by atoms with Crippen LogP contribution >= 0.6 is 24.0 Å². The quantitative estimate of drug-likeness (QED) is 0.321. The molecule has 2 amide bonds. The number of nitrogens with one attached hydrogen (secondary N) is 1. The predicted octanol–water partition coefficient (Wildman–Crippen LogP) is 2.86. The van der Waals surface area contributed by atoms with Gasteiger partial charge < -0.3 is 9.84 Å². The van der Waals surface area contributed by atoms with Crippen LogP contribution in [-0.4, -0.2) is 38.3 Å². The van der Waals surface area contributed by atoms with E-state index in [1.165, 1.54) is 31.4 Å². The van der Waals surface area contributed by atoms with Crippen molar-refractivity contribution in [1.82, 2.24) is 10.4 Å². The Labute approximate surface area is 174 Å². The monoisotopic (exact) mass is 431 g/mol. The number of ether oxygens (including phenoxy) is 1. The lowest BCUT2D eigenvalue weighted by Gasteiger charge is -2.15. The van der Waals surface area contributed by atoms with Gasteiger partial charge in [0.1, 0.15) is 0 Å². The van der Waals surface area contributed by atoms with E-state index in [4.69, 9.17) is 17.0 Å². The van der Waals surface area contributed by atoms with Crippen molar-refractivity contribution in [3.05, 3.63) is 68.6 Å². The first-order valence-electron chi connectivity index (χ1n) is 8.00. The Hall–Kier alpha value is -3.44. The topological polar surface area (TPSA) is 122 Å². The van der Waals surface area contributed by atoms with Crippen molar-refractivity contribution in [2.45, 2.75) is 0 Å². The smallest absolute Gasteiger partial charge is 0.285 e. The highest BCUT2D eigenvalue weighted by molar-refractivity contribution is 8.26. The van der Waals surface area contributed by atoms with Crippen LogP contribution < -0.4 is 10.2 Å². The molecule has 1 saturated heterocycles. The zero-order valence-electron chi connectivity index (χ0n) is 14.8. The van der Waals surface area contributed by atoms with E-state index >= 15 is 0 Å². The first-order chi connectivity index (χ1) is 13.8. The minimum absolute atomic E-state index is 0.0144. The average Bonchev–Trinajstić information content (AvgIpc) is 2.96. The molecule has 0 atom stereocenters. The second kappa shape index (κ2) is 8.29. The number of hydrogen-bond acceptors (Lipinski definition) is 8. The highest BCUT2D eigenvalue weighted by atomic mass is 32.2. The van der Waals surface area contributed by atoms with Gasteiger partial charge in [-0.1, -0.05) is 23.9 Å². The number of methoxy groups -OCH3 is 1. The number of nitro groups is 1. The number of nitrogens with zero attached hydrogens (tertiary/aromatic N) is 2. The van der Waals surface area contributed by atoms with E-state index in [1.807, 2.05) is 0 Å². The number of hydrogen-bond donors (Lipinski definition) is 2. The predicted molar refractivity (Wildman–Crippen MR) is 110 cm³/mol. The zero-order chi connectivity index (χ0) is 21.1. The van der Waals surface area contributed by atoms with Crippen LogP contribution in [0.25, 0.3) is 6.08 Å². The van der Waals surface area contributed by atoms with Gasteiger partial charge in [0.15, 0.2) is 15.8 Å². The molecule has 0 bridgehead atoms. The molecule has 1 heterocycles. The van der Waals surface area contributed by atoms with E-state index in [0.717, 1.165) is 22.8 Å². The van der Waals surface area contributed by atoms with Crippen molar-refractivity contribution in [3.8, 4) is 11.5 Å². The minimum atomic E-state index is -0.711. The van der Waals surface area contributed by atoms with E-state index in [9.17, 15) is 24.8 Å². The zero-order valence-corrected chi connectivity index (χ0v) is 16.5. The Balaban J connectivity index is 1.79. The lowest BCUT2D eigenvalue weighted by Crippen LogP contribution is -2.44. The molecule has 29 heavy (non-hydrogen) atoms. The van der Waals surface area contributed by atoms with Gasteiger partial charge in [-0.3, -0.25) is 25.1 Å². The molecule has 0 unspecified atom stereocenters. The molecule has 1 fully saturated rings. The standard InChI is InChI=1S/C18H13N3O6S2/c1-27-14-7-10(5-6-13(14)22)8-15-17(24)20(18(28)29-15)19-16(23)11-3-2-4-12(9-11)21(25)26/h2-9,22H,1H3,(H,19,23)/b15-8-. The van der Waals surface area contributed by atoms with Gasteiger partial charge in [-0.25, -0.2) is 0 Å². The maximum atomic E-state index is 12.6. The van der Waals surface area contributed by atoms with E-state index in [1.54, 1.807) is 18.2 Å². The normalized spacial score (nSPS) is 14.9. The highest BCUT2D eigenvalue weighted by Crippen LogP contribution is 2.33. The molecule has 11 heteroatoms. The van der Waals surface area contributed by atoms with Crippen LogP contribution in [-0.2, 0) is 4.79 Å². The Morgan fingerprint density at radius 3 is 2.79 bits per heavy atom. The summed E-state index contributed by atoms with van der Waals surface area (Å²) in [4.78, 5) is 35.5. The Bertz CT molecular complexity index is 1070. The summed E-state index contributed by atoms with van der Waals surface area (Å²) in [5, 5.41) is 21.4. The van der Waals surface area contributed by atoms with Crippen LogP contribution in [0, 0.1) is 10.1 Å². The second-order valence-corrected chi connectivity index (χ2v) is 7.37. The molecule has 148 valence electrons. The van der Waals surface area contributed by atoms with E-state index in [2.05, 4.69) is 5.43 Å². The molecular formula is C18H13N3O6S2. The summed E-state index contributed by atoms with van der Waals surface area (Å²) in [7, 11) is 1.40. The van der Waals surface area contributed by atoms with Gasteiger partial charge in [0.25, 0.3) is 17.5 Å². The Morgan fingerprint density at radius 2 is 2.10 bits per heavy atom. The van der Waals surface area contributed by atoms with Gasteiger partial charge in [0, 0.05) is 17.7 Å². The van der Waals surface area contributed by atoms with Gasteiger partial charge in [0.2, 0.25) is 0 Å². The molecule has 0 aromatic heterocycles. The van der Waals surface area contributed by atoms with Gasteiger partial charge in [-0.15, -0.1) is 0 Å². The highest BCUT2D eigenvalue weighted by Gasteiger charge is 2.34. The molecule has 3 rings (SSSR count). The summed E-state index contributed by atoms with van der Waals surface area (Å²) < 4.78 is 5.14. The van der Waals surface area contributed by atoms with Crippen LogP contribution in [0.3, 0.4) is 0 Å². The van der Waals surface area contributed by atoms with Crippen LogP contribution in [0.15, 0.2) is 47.4 Å². The molecular weight excluding hydrogens is 418 g/mol. The molecule has 0 radical (unpaired) electrons. The number of amides is 2. The number of non-ortho nitro benzene ring substituents is 1. The maximum Gasteiger partial charge on any atom is 0.285 e. The SMILES string of the molecule is COc1cc(/C=C2\SC(=S)N(NC(=O)c3cccc([N+](=O)[O-])c3)C2=O)ccc1O. The minimum Gasteiger partial charge on any atom is -0.504 e. The molecule has 2 N–H and O–H groups in total. The second-order valence-electron chi connectivity index (χ2n) is 5.70. The van der Waals surface area contributed by atoms with Gasteiger partial charge in [-0.2, -0.15) is 5.01 Å². The molecule has 1 aliphatic heterocycles. The number of benzene rings is 2. The fraction of sp³-hybridized carbons (Fsp3) is 0.0556. The lowest BCUT2D eigenvalue weighted by molar-refractivity contribution is -0.384. The summed E-state index contributed by atoms with van der Waals surface area (Å²) in [6.45, 7) is 0. The number of thiocarbonyl (C=S) groups is 1. The molecule has 9 nitrogen and oxygen atoms in total. The van der Waals surface area contributed by atoms with Gasteiger partial charge >= 0.3 is 0 Å². The number of nitro benzene ring substituents is 1. The third-order valence-electron chi connectivity index (χ3n) is 3.83. The Kier molecular flexibility index (Phi) is 5.80. The number of aromatic hydroxyl groups is 1. The lowest BCUT2D eigenvalue weighted by atomic mass is 10.2. The summed E-state index contributed by atoms with van der Waals surface area (Å²) in [5.41, 5.74) is 2.72. The number of thioether (sulfide) groups is 1. The van der Waals surface area contributed by atoms with Crippen molar-refractivity contribution in [2.24, 2.45) is 0 Å². The van der Waals surface area contributed by atoms with Crippen molar-refractivity contribution in [1.29, 1.82) is 0 Å². The summed E-state index contributed by atoms with van der Waals surface area (Å²) >= 11 is 6.14. The molecule has 0 aliphatic carbocycles. The summed E-state index contributed by atoms with van der Waals surface area (Å²) in [5.74, 6) is -1.06. The van der Waals surface area contributed by atoms with Crippen LogP contribution in [0.2, 0.25) is 0 Å². The van der Waals surface area contributed by atoms with Crippen molar-refractivity contribution < 1.29 is 24.4 Å². The summed E-state index contributed by atoms with van der Waals surface area (Å²) in [6, 6.07) is 9.68. The van der Waals surface area contributed by atoms with Gasteiger partial charge in [-0.05, 0) is 42.1 Å². The molecule has 2 aromatic carbocycles. The van der Waals surface area contributed by atoms with Gasteiger partial charge in [0.05, 0.1) is 16.9 Å². The third kappa shape index (κ3) is 4.36. The van der Waals surface area contributed by atoms with Crippen molar-refractivity contribution in [3.63, 3.8) is 0 Å². The first-order valence-corrected chi connectivity index (χ1v) is 9.23. The number of hydrazine groups is 1. The van der Waals surface area contributed by atoms with E-state index in [-0.39, 0.29) is 32.0 Å². The molecule has 2 aromatic rings. The van der Waals surface area contributed by atoms with Crippen LogP contribution in [0.1, 0.15) is 15.9 Å². The number of phenols is 1. The molecule has 1 aliphatic rings. The van der Waals surface area contributed by atoms with Crippen molar-refractivity contribution >= 4 is 51.9 Å². The molecule has 0 spiro atoms. The number of carbonyl (C=O) groups excluding carboxylic acids is 2. The number of rotatable bonds is 5. The number of phenolic OH excluding ortho intramolecular Hbond substituents is 1. The fourth-order valence-electron chi connectivity index (χ4n) is 2.43. The van der Waals surface area contributed by atoms with E-state index < -0.39 is 16.7 Å². The average molecular weight is 431 g/mol. The first kappa shape index (κ1) is 20.3. The van der Waals surface area contributed by atoms with E-state index in [0.29, 0.717) is 5.56 Å². The van der Waals surface area contributed by atoms with Crippen molar-refractivity contribution in [2.75, 3.05) is 7.11 Å².